The van der Waals surface area contributed by atoms with E-state index in [9.17, 15) is 20.1 Å². The van der Waals surface area contributed by atoms with E-state index in [1.165, 1.54) is 12.1 Å². The second-order valence-electron chi connectivity index (χ2n) is 4.46. The number of hydrogen-bond donors (Lipinski definition) is 4. The van der Waals surface area contributed by atoms with Gasteiger partial charge in [0, 0.05) is 0 Å². The second kappa shape index (κ2) is 6.29. The van der Waals surface area contributed by atoms with Gasteiger partial charge in [-0.2, -0.15) is 0 Å². The van der Waals surface area contributed by atoms with Crippen LogP contribution in [0.5, 0.6) is 0 Å². The van der Waals surface area contributed by atoms with Gasteiger partial charge in [0.1, 0.15) is 18.3 Å². The van der Waals surface area contributed by atoms with Gasteiger partial charge in [-0.15, -0.1) is 0 Å². The Kier molecular flexibility index (Phi) is 4.69. The maximum atomic E-state index is 11.8. The molecule has 0 saturated carbocycles. The van der Waals surface area contributed by atoms with Gasteiger partial charge in [-0.1, -0.05) is 18.2 Å². The zero-order chi connectivity index (χ0) is 14.7. The largest absolute Gasteiger partial charge is 0.450 e. The summed E-state index contributed by atoms with van der Waals surface area (Å²) in [7, 11) is 0. The molecule has 0 spiro atoms. The van der Waals surface area contributed by atoms with Crippen molar-refractivity contribution in [2.24, 2.45) is 0 Å². The number of aliphatic hydroxyl groups excluding tert-OH is 4. The fourth-order valence-electron chi connectivity index (χ4n) is 1.96. The Morgan fingerprint density at radius 1 is 1.15 bits per heavy atom. The van der Waals surface area contributed by atoms with Gasteiger partial charge in [0.2, 0.25) is 0 Å². The molecule has 0 aliphatic carbocycles. The van der Waals surface area contributed by atoms with E-state index in [0.717, 1.165) is 0 Å². The number of aliphatic hydroxyl groups is 4. The third kappa shape index (κ3) is 2.97. The summed E-state index contributed by atoms with van der Waals surface area (Å²) in [5, 5.41) is 38.1. The summed E-state index contributed by atoms with van der Waals surface area (Å²) in [6.07, 6.45) is -7.20. The number of carbonyl (C=O) groups excluding carboxylic acids is 1. The van der Waals surface area contributed by atoms with Crippen molar-refractivity contribution in [1.29, 1.82) is 0 Å². The van der Waals surface area contributed by atoms with Crippen LogP contribution in [0.3, 0.4) is 0 Å². The summed E-state index contributed by atoms with van der Waals surface area (Å²) in [6, 6.07) is 8.02. The van der Waals surface area contributed by atoms with Crippen LogP contribution in [-0.4, -0.2) is 63.7 Å². The van der Waals surface area contributed by atoms with Crippen molar-refractivity contribution in [2.75, 3.05) is 6.61 Å². The third-order valence-corrected chi connectivity index (χ3v) is 3.10. The average molecular weight is 284 g/mol. The molecule has 0 aromatic heterocycles. The van der Waals surface area contributed by atoms with Crippen LogP contribution in [0, 0.1) is 0 Å². The minimum Gasteiger partial charge on any atom is -0.450 e. The molecule has 1 aromatic rings. The third-order valence-electron chi connectivity index (χ3n) is 3.10. The highest BCUT2D eigenvalue weighted by atomic mass is 16.7. The van der Waals surface area contributed by atoms with Crippen molar-refractivity contribution in [3.05, 3.63) is 35.9 Å². The highest BCUT2D eigenvalue weighted by molar-refractivity contribution is 5.89. The van der Waals surface area contributed by atoms with Crippen LogP contribution >= 0.6 is 0 Å². The van der Waals surface area contributed by atoms with Crippen LogP contribution in [0.1, 0.15) is 10.4 Å². The van der Waals surface area contributed by atoms with Crippen molar-refractivity contribution in [2.45, 2.75) is 30.7 Å². The lowest BCUT2D eigenvalue weighted by atomic mass is 9.99. The van der Waals surface area contributed by atoms with Crippen molar-refractivity contribution in [3.8, 4) is 0 Å². The van der Waals surface area contributed by atoms with Crippen LogP contribution < -0.4 is 0 Å². The number of rotatable bonds is 3. The smallest absolute Gasteiger partial charge is 0.338 e. The fourth-order valence-corrected chi connectivity index (χ4v) is 1.96. The fraction of sp³-hybridized carbons (Fsp3) is 0.462. The molecule has 20 heavy (non-hydrogen) atoms. The molecule has 0 radical (unpaired) electrons. The summed E-state index contributed by atoms with van der Waals surface area (Å²) < 4.78 is 9.85. The molecule has 5 unspecified atom stereocenters. The number of ether oxygens (including phenoxy) is 2. The summed E-state index contributed by atoms with van der Waals surface area (Å²) in [6.45, 7) is -0.575. The van der Waals surface area contributed by atoms with Crippen molar-refractivity contribution in [3.63, 3.8) is 0 Å². The molecule has 110 valence electrons. The van der Waals surface area contributed by atoms with E-state index < -0.39 is 43.3 Å². The maximum Gasteiger partial charge on any atom is 0.338 e. The van der Waals surface area contributed by atoms with Gasteiger partial charge in [0.25, 0.3) is 0 Å². The van der Waals surface area contributed by atoms with E-state index >= 15 is 0 Å². The Morgan fingerprint density at radius 2 is 1.80 bits per heavy atom. The van der Waals surface area contributed by atoms with Gasteiger partial charge in [0.05, 0.1) is 12.2 Å². The number of hydrogen-bond acceptors (Lipinski definition) is 7. The first-order valence-electron chi connectivity index (χ1n) is 6.11. The molecular weight excluding hydrogens is 268 g/mol. The molecule has 4 N–H and O–H groups in total. The van der Waals surface area contributed by atoms with Gasteiger partial charge >= 0.3 is 5.97 Å². The molecule has 7 nitrogen and oxygen atoms in total. The molecule has 5 atom stereocenters. The topological polar surface area (TPSA) is 116 Å². The molecule has 1 aliphatic heterocycles. The van der Waals surface area contributed by atoms with Crippen molar-refractivity contribution in [1.82, 2.24) is 0 Å². The Labute approximate surface area is 115 Å². The lowest BCUT2D eigenvalue weighted by molar-refractivity contribution is -0.285. The van der Waals surface area contributed by atoms with Crippen molar-refractivity contribution < 1.29 is 34.7 Å². The first kappa shape index (κ1) is 14.9. The standard InChI is InChI=1S/C13H16O7/c14-6-8-9(15)10(16)11(13(18)19-8)20-12(17)7-4-2-1-3-5-7/h1-5,8-11,13-16,18H,6H2. The SMILES string of the molecule is O=C(OC1C(O)OC(CO)C(O)C1O)c1ccccc1. The average Bonchev–Trinajstić information content (AvgIpc) is 2.48. The van der Waals surface area contributed by atoms with E-state index in [2.05, 4.69) is 0 Å². The van der Waals surface area contributed by atoms with Gasteiger partial charge < -0.3 is 29.9 Å². The van der Waals surface area contributed by atoms with Crippen LogP contribution in [0.25, 0.3) is 0 Å². The van der Waals surface area contributed by atoms with Crippen LogP contribution in [0.15, 0.2) is 30.3 Å². The van der Waals surface area contributed by atoms with E-state index in [0.29, 0.717) is 0 Å². The Bertz CT molecular complexity index is 449. The highest BCUT2D eigenvalue weighted by Gasteiger charge is 2.45. The highest BCUT2D eigenvalue weighted by Crippen LogP contribution is 2.23. The first-order chi connectivity index (χ1) is 9.54. The molecule has 2 rings (SSSR count). The number of carbonyl (C=O) groups is 1. The monoisotopic (exact) mass is 284 g/mol. The summed E-state index contributed by atoms with van der Waals surface area (Å²) in [5.74, 6) is -0.757. The predicted octanol–water partition coefficient (Wildman–Crippen LogP) is -1.36. The first-order valence-corrected chi connectivity index (χ1v) is 6.11. The van der Waals surface area contributed by atoms with Gasteiger partial charge in [-0.25, -0.2) is 4.79 Å². The van der Waals surface area contributed by atoms with Gasteiger partial charge in [-0.3, -0.25) is 0 Å². The minimum atomic E-state index is -1.63. The van der Waals surface area contributed by atoms with Crippen LogP contribution in [-0.2, 0) is 9.47 Å². The number of esters is 1. The van der Waals surface area contributed by atoms with Crippen LogP contribution in [0.4, 0.5) is 0 Å². The second-order valence-corrected chi connectivity index (χ2v) is 4.46. The molecular formula is C13H16O7. The molecule has 1 saturated heterocycles. The van der Waals surface area contributed by atoms with E-state index in [1.807, 2.05) is 0 Å². The molecule has 7 heteroatoms. The zero-order valence-electron chi connectivity index (χ0n) is 10.5. The zero-order valence-corrected chi connectivity index (χ0v) is 10.5. The Hall–Kier alpha value is -1.51. The van der Waals surface area contributed by atoms with E-state index in [4.69, 9.17) is 14.6 Å². The Balaban J connectivity index is 2.07. The minimum absolute atomic E-state index is 0.241. The molecule has 0 bridgehead atoms. The lowest BCUT2D eigenvalue weighted by Crippen LogP contribution is -2.59. The summed E-state index contributed by atoms with van der Waals surface area (Å²) in [5.41, 5.74) is 0.241. The summed E-state index contributed by atoms with van der Waals surface area (Å²) >= 11 is 0. The Morgan fingerprint density at radius 3 is 2.40 bits per heavy atom. The van der Waals surface area contributed by atoms with Crippen LogP contribution in [0.2, 0.25) is 0 Å². The predicted molar refractivity (Wildman–Crippen MR) is 65.6 cm³/mol. The quantitative estimate of drug-likeness (QED) is 0.507. The molecule has 1 aromatic carbocycles. The van der Waals surface area contributed by atoms with E-state index in [1.54, 1.807) is 18.2 Å². The molecule has 1 aliphatic rings. The molecule has 1 heterocycles. The molecule has 1 fully saturated rings. The normalized spacial score (nSPS) is 33.7. The van der Waals surface area contributed by atoms with Gasteiger partial charge in [-0.05, 0) is 12.1 Å². The van der Waals surface area contributed by atoms with Gasteiger partial charge in [0.15, 0.2) is 12.4 Å². The van der Waals surface area contributed by atoms with Crippen molar-refractivity contribution >= 4 is 5.97 Å². The molecule has 0 amide bonds. The lowest BCUT2D eigenvalue weighted by Gasteiger charge is -2.39. The van der Waals surface area contributed by atoms with E-state index in [-0.39, 0.29) is 5.56 Å². The number of benzene rings is 1. The maximum absolute atomic E-state index is 11.8. The summed E-state index contributed by atoms with van der Waals surface area (Å²) in [4.78, 5) is 11.8.